The fourth-order valence-electron chi connectivity index (χ4n) is 1.82. The Morgan fingerprint density at radius 3 is 2.37 bits per heavy atom. The van der Waals surface area contributed by atoms with Crippen LogP contribution < -0.4 is 0 Å². The Morgan fingerprint density at radius 1 is 1.42 bits per heavy atom. The molecule has 0 saturated carbocycles. The third kappa shape index (κ3) is 4.32. The molecule has 0 spiro atoms. The first-order valence-electron chi connectivity index (χ1n) is 6.91. The summed E-state index contributed by atoms with van der Waals surface area (Å²) in [6, 6.07) is 0. The van der Waals surface area contributed by atoms with E-state index in [0.29, 0.717) is 13.0 Å². The highest BCUT2D eigenvalue weighted by molar-refractivity contribution is 6.74. The molecular weight excluding hydrogens is 256 g/mol. The van der Waals surface area contributed by atoms with Crippen molar-refractivity contribution in [1.29, 1.82) is 0 Å². The summed E-state index contributed by atoms with van der Waals surface area (Å²) in [5.74, 6) is 2.17. The lowest BCUT2D eigenvalue weighted by Gasteiger charge is -2.40. The summed E-state index contributed by atoms with van der Waals surface area (Å²) in [6.45, 7) is 15.5. The van der Waals surface area contributed by atoms with Gasteiger partial charge in [0.2, 0.25) is 0 Å². The molecule has 1 aliphatic rings. The van der Waals surface area contributed by atoms with Gasteiger partial charge in [0.1, 0.15) is 6.10 Å². The average Bonchev–Trinajstić information content (AvgIpc) is 2.56. The minimum atomic E-state index is -1.85. The third-order valence-corrected chi connectivity index (χ3v) is 8.52. The number of ether oxygens (including phenoxy) is 2. The van der Waals surface area contributed by atoms with E-state index in [2.05, 4.69) is 39.8 Å². The van der Waals surface area contributed by atoms with Crippen molar-refractivity contribution in [3.8, 4) is 12.3 Å². The zero-order valence-corrected chi connectivity index (χ0v) is 14.4. The third-order valence-electron chi connectivity index (χ3n) is 4.02. The van der Waals surface area contributed by atoms with Crippen LogP contribution in [0.25, 0.3) is 0 Å². The molecule has 1 aliphatic heterocycles. The van der Waals surface area contributed by atoms with E-state index in [1.165, 1.54) is 0 Å². The van der Waals surface area contributed by atoms with Crippen molar-refractivity contribution in [2.45, 2.75) is 77.2 Å². The molecule has 0 N–H and O–H groups in total. The Balaban J connectivity index is 2.78. The highest BCUT2D eigenvalue weighted by Crippen LogP contribution is 2.39. The van der Waals surface area contributed by atoms with E-state index in [4.69, 9.17) is 20.3 Å². The summed E-state index contributed by atoms with van der Waals surface area (Å²) in [5.41, 5.74) is 0. The predicted octanol–water partition coefficient (Wildman–Crippen LogP) is 3.55. The molecule has 0 aliphatic carbocycles. The Hall–Kier alpha value is -0.343. The molecule has 0 aromatic heterocycles. The largest absolute Gasteiger partial charge is 0.410 e. The summed E-state index contributed by atoms with van der Waals surface area (Å²) in [7, 11) is -1.85. The summed E-state index contributed by atoms with van der Waals surface area (Å²) in [6.07, 6.45) is 5.90. The van der Waals surface area contributed by atoms with Gasteiger partial charge in [0.15, 0.2) is 14.1 Å². The summed E-state index contributed by atoms with van der Waals surface area (Å²) < 4.78 is 17.9. The molecule has 2 atom stereocenters. The van der Waals surface area contributed by atoms with Crippen molar-refractivity contribution in [2.24, 2.45) is 0 Å². The number of hydrogen-bond donors (Lipinski definition) is 0. The van der Waals surface area contributed by atoms with Crippen LogP contribution in [0.1, 0.15) is 41.0 Å². The molecular formula is C15H28O3Si. The SMILES string of the molecule is C#CC[C@H](O[Si](C)(C)C(C)(C)C)[C@H]1COC(C)(C)O1. The van der Waals surface area contributed by atoms with E-state index in [1.807, 2.05) is 13.8 Å². The van der Waals surface area contributed by atoms with E-state index in [9.17, 15) is 0 Å². The predicted molar refractivity (Wildman–Crippen MR) is 80.4 cm³/mol. The molecule has 3 nitrogen and oxygen atoms in total. The first-order chi connectivity index (χ1) is 8.48. The molecule has 0 amide bonds. The molecule has 0 unspecified atom stereocenters. The van der Waals surface area contributed by atoms with Crippen LogP contribution in [0, 0.1) is 12.3 Å². The number of terminal acetylenes is 1. The summed E-state index contributed by atoms with van der Waals surface area (Å²) in [4.78, 5) is 0. The van der Waals surface area contributed by atoms with E-state index in [1.54, 1.807) is 0 Å². The van der Waals surface area contributed by atoms with E-state index < -0.39 is 14.1 Å². The smallest absolute Gasteiger partial charge is 0.192 e. The monoisotopic (exact) mass is 284 g/mol. The highest BCUT2D eigenvalue weighted by atomic mass is 28.4. The fraction of sp³-hybridized carbons (Fsp3) is 0.867. The standard InChI is InChI=1S/C15H28O3Si/c1-9-10-12(13-11-16-15(5,6)17-13)18-19(7,8)14(2,3)4/h1,12-13H,10-11H2,2-8H3/t12-,13+/m0/s1. The van der Waals surface area contributed by atoms with Gasteiger partial charge < -0.3 is 13.9 Å². The lowest BCUT2D eigenvalue weighted by Crippen LogP contribution is -2.47. The van der Waals surface area contributed by atoms with Crippen molar-refractivity contribution in [3.05, 3.63) is 0 Å². The van der Waals surface area contributed by atoms with Gasteiger partial charge in [-0.25, -0.2) is 0 Å². The fourth-order valence-corrected chi connectivity index (χ4v) is 3.16. The van der Waals surface area contributed by atoms with Gasteiger partial charge in [0.05, 0.1) is 12.7 Å². The van der Waals surface area contributed by atoms with Crippen molar-refractivity contribution in [2.75, 3.05) is 6.61 Å². The molecule has 0 radical (unpaired) electrons. The Kier molecular flexibility index (Phi) is 4.90. The molecule has 0 aromatic rings. The average molecular weight is 284 g/mol. The van der Waals surface area contributed by atoms with Crippen LogP contribution in [0.2, 0.25) is 18.1 Å². The van der Waals surface area contributed by atoms with Crippen LogP contribution in [-0.4, -0.2) is 32.9 Å². The second-order valence-corrected chi connectivity index (χ2v) is 11.9. The molecule has 0 bridgehead atoms. The second-order valence-electron chi connectivity index (χ2n) is 7.19. The van der Waals surface area contributed by atoms with Crippen molar-refractivity contribution in [1.82, 2.24) is 0 Å². The molecule has 1 rings (SSSR count). The van der Waals surface area contributed by atoms with E-state index >= 15 is 0 Å². The molecule has 1 heterocycles. The van der Waals surface area contributed by atoms with E-state index in [0.717, 1.165) is 0 Å². The van der Waals surface area contributed by atoms with Gasteiger partial charge in [-0.15, -0.1) is 12.3 Å². The zero-order valence-electron chi connectivity index (χ0n) is 13.4. The minimum absolute atomic E-state index is 0.0693. The lowest BCUT2D eigenvalue weighted by molar-refractivity contribution is -0.149. The van der Waals surface area contributed by atoms with Gasteiger partial charge in [-0.05, 0) is 32.0 Å². The first-order valence-corrected chi connectivity index (χ1v) is 9.82. The van der Waals surface area contributed by atoms with Gasteiger partial charge in [0, 0.05) is 6.42 Å². The quantitative estimate of drug-likeness (QED) is 0.583. The van der Waals surface area contributed by atoms with Crippen molar-refractivity contribution in [3.63, 3.8) is 0 Å². The maximum absolute atomic E-state index is 6.41. The van der Waals surface area contributed by atoms with Gasteiger partial charge in [-0.1, -0.05) is 20.8 Å². The lowest BCUT2D eigenvalue weighted by atomic mass is 10.1. The molecule has 1 saturated heterocycles. The first kappa shape index (κ1) is 16.7. The zero-order chi connectivity index (χ0) is 14.9. The van der Waals surface area contributed by atoms with E-state index in [-0.39, 0.29) is 17.2 Å². The van der Waals surface area contributed by atoms with Crippen LogP contribution in [0.5, 0.6) is 0 Å². The maximum Gasteiger partial charge on any atom is 0.192 e. The van der Waals surface area contributed by atoms with Gasteiger partial charge in [-0.3, -0.25) is 0 Å². The Bertz CT molecular complexity index is 349. The van der Waals surface area contributed by atoms with Gasteiger partial charge in [0.25, 0.3) is 0 Å². The van der Waals surface area contributed by atoms with Crippen LogP contribution >= 0.6 is 0 Å². The molecule has 19 heavy (non-hydrogen) atoms. The molecule has 110 valence electrons. The molecule has 0 aromatic carbocycles. The maximum atomic E-state index is 6.41. The Morgan fingerprint density at radius 2 is 2.00 bits per heavy atom. The van der Waals surface area contributed by atoms with Crippen molar-refractivity contribution >= 4 is 8.32 Å². The molecule has 1 fully saturated rings. The molecule has 4 heteroatoms. The number of rotatable bonds is 4. The minimum Gasteiger partial charge on any atom is -0.410 e. The normalized spacial score (nSPS) is 25.1. The van der Waals surface area contributed by atoms with Crippen LogP contribution in [0.15, 0.2) is 0 Å². The summed E-state index contributed by atoms with van der Waals surface area (Å²) >= 11 is 0. The van der Waals surface area contributed by atoms with Crippen LogP contribution in [-0.2, 0) is 13.9 Å². The van der Waals surface area contributed by atoms with Crippen LogP contribution in [0.3, 0.4) is 0 Å². The Labute approximate surface area is 119 Å². The van der Waals surface area contributed by atoms with Gasteiger partial charge in [-0.2, -0.15) is 0 Å². The number of hydrogen-bond acceptors (Lipinski definition) is 3. The highest BCUT2D eigenvalue weighted by Gasteiger charge is 2.44. The van der Waals surface area contributed by atoms with Crippen molar-refractivity contribution < 1.29 is 13.9 Å². The van der Waals surface area contributed by atoms with Crippen LogP contribution in [0.4, 0.5) is 0 Å². The van der Waals surface area contributed by atoms with Gasteiger partial charge >= 0.3 is 0 Å². The summed E-state index contributed by atoms with van der Waals surface area (Å²) in [5, 5.41) is 0.162. The second kappa shape index (κ2) is 5.57. The topological polar surface area (TPSA) is 27.7 Å².